The fourth-order valence-electron chi connectivity index (χ4n) is 1.32. The van der Waals surface area contributed by atoms with Crippen molar-refractivity contribution in [2.75, 3.05) is 19.4 Å². The van der Waals surface area contributed by atoms with Crippen molar-refractivity contribution >= 4 is 29.2 Å². The van der Waals surface area contributed by atoms with E-state index in [1.54, 1.807) is 25.2 Å². The summed E-state index contributed by atoms with van der Waals surface area (Å²) in [5.74, 6) is -0.625. The molecule has 0 aliphatic heterocycles. The van der Waals surface area contributed by atoms with Crippen molar-refractivity contribution in [1.82, 2.24) is 5.32 Å². The van der Waals surface area contributed by atoms with Crippen LogP contribution in [0.5, 0.6) is 0 Å². The van der Waals surface area contributed by atoms with Crippen LogP contribution in [0.1, 0.15) is 23.2 Å². The molecular formula is C12H15ClN2O3. The van der Waals surface area contributed by atoms with Crippen LogP contribution in [0, 0.1) is 0 Å². The van der Waals surface area contributed by atoms with Crippen LogP contribution < -0.4 is 11.1 Å². The molecule has 0 bridgehead atoms. The molecule has 0 heterocycles. The second-order valence-corrected chi connectivity index (χ2v) is 4.02. The van der Waals surface area contributed by atoms with Crippen molar-refractivity contribution < 1.29 is 14.3 Å². The maximum Gasteiger partial charge on any atom is 0.340 e. The Kier molecular flexibility index (Phi) is 5.45. The summed E-state index contributed by atoms with van der Waals surface area (Å²) in [7, 11) is 1.56. The number of halogens is 1. The Labute approximate surface area is 110 Å². The van der Waals surface area contributed by atoms with Crippen molar-refractivity contribution in [3.63, 3.8) is 0 Å². The largest absolute Gasteiger partial charge is 0.462 e. The molecule has 98 valence electrons. The van der Waals surface area contributed by atoms with Gasteiger partial charge in [-0.05, 0) is 18.6 Å². The molecular weight excluding hydrogens is 256 g/mol. The number of carbonyl (C=O) groups is 2. The average molecular weight is 271 g/mol. The van der Waals surface area contributed by atoms with Crippen molar-refractivity contribution in [1.29, 1.82) is 0 Å². The Balaban J connectivity index is 2.46. The van der Waals surface area contributed by atoms with Gasteiger partial charge in [-0.15, -0.1) is 0 Å². The van der Waals surface area contributed by atoms with Crippen molar-refractivity contribution in [2.24, 2.45) is 0 Å². The van der Waals surface area contributed by atoms with Crippen LogP contribution in [0.3, 0.4) is 0 Å². The Hall–Kier alpha value is -1.75. The van der Waals surface area contributed by atoms with Gasteiger partial charge in [-0.25, -0.2) is 4.79 Å². The van der Waals surface area contributed by atoms with E-state index >= 15 is 0 Å². The third-order valence-corrected chi connectivity index (χ3v) is 2.66. The molecule has 0 spiro atoms. The molecule has 0 unspecified atom stereocenters. The summed E-state index contributed by atoms with van der Waals surface area (Å²) in [6.07, 6.45) is 0.778. The van der Waals surface area contributed by atoms with Crippen LogP contribution in [-0.2, 0) is 9.53 Å². The number of nitrogens with two attached hydrogens (primary N) is 1. The number of ether oxygens (including phenoxy) is 1. The first-order valence-electron chi connectivity index (χ1n) is 5.48. The van der Waals surface area contributed by atoms with E-state index in [4.69, 9.17) is 22.1 Å². The molecule has 1 aromatic rings. The van der Waals surface area contributed by atoms with Crippen LogP contribution in [0.4, 0.5) is 5.69 Å². The molecule has 0 aliphatic carbocycles. The number of rotatable bonds is 5. The zero-order valence-electron chi connectivity index (χ0n) is 10.0. The van der Waals surface area contributed by atoms with Gasteiger partial charge in [0.15, 0.2) is 0 Å². The highest BCUT2D eigenvalue weighted by Gasteiger charge is 2.12. The van der Waals surface area contributed by atoms with Crippen molar-refractivity contribution in [3.05, 3.63) is 28.8 Å². The lowest BCUT2D eigenvalue weighted by Gasteiger charge is -2.07. The summed E-state index contributed by atoms with van der Waals surface area (Å²) in [6.45, 7) is 0.165. The predicted octanol–water partition coefficient (Wildman–Crippen LogP) is 1.61. The number of hydrogen-bond acceptors (Lipinski definition) is 4. The van der Waals surface area contributed by atoms with Gasteiger partial charge in [0.1, 0.15) is 0 Å². The molecule has 0 atom stereocenters. The van der Waals surface area contributed by atoms with E-state index in [0.29, 0.717) is 17.9 Å². The lowest BCUT2D eigenvalue weighted by atomic mass is 10.2. The molecule has 6 heteroatoms. The summed E-state index contributed by atoms with van der Waals surface area (Å²) in [6, 6.07) is 4.77. The Morgan fingerprint density at radius 2 is 2.17 bits per heavy atom. The van der Waals surface area contributed by atoms with E-state index in [2.05, 4.69) is 5.32 Å². The van der Waals surface area contributed by atoms with E-state index in [0.717, 1.165) is 0 Å². The normalized spacial score (nSPS) is 9.89. The molecule has 1 rings (SSSR count). The van der Waals surface area contributed by atoms with Gasteiger partial charge in [0.05, 0.1) is 22.9 Å². The maximum atomic E-state index is 11.7. The minimum atomic E-state index is -0.535. The minimum absolute atomic E-state index is 0.0895. The first-order valence-corrected chi connectivity index (χ1v) is 5.85. The standard InChI is InChI=1S/C12H15ClN2O3/c1-15-10(16)6-3-7-18-12(17)8-4-2-5-9(13)11(8)14/h2,4-5H,3,6-7,14H2,1H3,(H,15,16). The van der Waals surface area contributed by atoms with Crippen LogP contribution >= 0.6 is 11.6 Å². The highest BCUT2D eigenvalue weighted by Crippen LogP contribution is 2.22. The van der Waals surface area contributed by atoms with Gasteiger partial charge in [0, 0.05) is 13.5 Å². The van der Waals surface area contributed by atoms with Gasteiger partial charge in [0.25, 0.3) is 0 Å². The Morgan fingerprint density at radius 3 is 2.83 bits per heavy atom. The predicted molar refractivity (Wildman–Crippen MR) is 69.4 cm³/mol. The maximum absolute atomic E-state index is 11.7. The fraction of sp³-hybridized carbons (Fsp3) is 0.333. The molecule has 0 saturated heterocycles. The monoisotopic (exact) mass is 270 g/mol. The van der Waals surface area contributed by atoms with E-state index in [-0.39, 0.29) is 23.8 Å². The smallest absolute Gasteiger partial charge is 0.340 e. The van der Waals surface area contributed by atoms with Crippen molar-refractivity contribution in [2.45, 2.75) is 12.8 Å². The van der Waals surface area contributed by atoms with Crippen LogP contribution in [0.2, 0.25) is 5.02 Å². The Morgan fingerprint density at radius 1 is 1.44 bits per heavy atom. The zero-order valence-corrected chi connectivity index (χ0v) is 10.8. The lowest BCUT2D eigenvalue weighted by Crippen LogP contribution is -2.18. The zero-order chi connectivity index (χ0) is 13.5. The number of benzene rings is 1. The first-order chi connectivity index (χ1) is 8.56. The van der Waals surface area contributed by atoms with Crippen LogP contribution in [0.15, 0.2) is 18.2 Å². The highest BCUT2D eigenvalue weighted by atomic mass is 35.5. The highest BCUT2D eigenvalue weighted by molar-refractivity contribution is 6.33. The summed E-state index contributed by atoms with van der Waals surface area (Å²) in [5, 5.41) is 2.80. The molecule has 0 fully saturated rings. The number of nitrogen functional groups attached to an aromatic ring is 1. The van der Waals surface area contributed by atoms with Crippen molar-refractivity contribution in [3.8, 4) is 0 Å². The lowest BCUT2D eigenvalue weighted by molar-refractivity contribution is -0.120. The summed E-state index contributed by atoms with van der Waals surface area (Å²) in [4.78, 5) is 22.6. The van der Waals surface area contributed by atoms with Gasteiger partial charge in [-0.3, -0.25) is 4.79 Å². The topological polar surface area (TPSA) is 81.4 Å². The van der Waals surface area contributed by atoms with E-state index < -0.39 is 5.97 Å². The summed E-state index contributed by atoms with van der Waals surface area (Å²) in [5.41, 5.74) is 6.10. The van der Waals surface area contributed by atoms with E-state index in [1.165, 1.54) is 0 Å². The Bertz CT molecular complexity index is 449. The molecule has 5 nitrogen and oxygen atoms in total. The summed E-state index contributed by atoms with van der Waals surface area (Å²) < 4.78 is 5.00. The van der Waals surface area contributed by atoms with E-state index in [9.17, 15) is 9.59 Å². The van der Waals surface area contributed by atoms with Gasteiger partial charge in [-0.2, -0.15) is 0 Å². The molecule has 1 amide bonds. The number of esters is 1. The van der Waals surface area contributed by atoms with Crippen LogP contribution in [-0.4, -0.2) is 25.5 Å². The third kappa shape index (κ3) is 3.92. The molecule has 0 radical (unpaired) electrons. The third-order valence-electron chi connectivity index (χ3n) is 2.33. The average Bonchev–Trinajstić information content (AvgIpc) is 2.37. The minimum Gasteiger partial charge on any atom is -0.462 e. The SMILES string of the molecule is CNC(=O)CCCOC(=O)c1cccc(Cl)c1N. The number of carbonyl (C=O) groups excluding carboxylic acids is 2. The quantitative estimate of drug-likeness (QED) is 0.484. The fourth-order valence-corrected chi connectivity index (χ4v) is 1.49. The number of para-hydroxylation sites is 1. The molecule has 1 aromatic carbocycles. The van der Waals surface area contributed by atoms with E-state index in [1.807, 2.05) is 0 Å². The molecule has 0 saturated carbocycles. The molecule has 3 N–H and O–H groups in total. The van der Waals surface area contributed by atoms with Gasteiger partial charge in [0.2, 0.25) is 5.91 Å². The molecule has 0 aliphatic rings. The number of anilines is 1. The van der Waals surface area contributed by atoms with Gasteiger partial charge >= 0.3 is 5.97 Å². The number of nitrogens with one attached hydrogen (secondary N) is 1. The second kappa shape index (κ2) is 6.86. The first kappa shape index (κ1) is 14.3. The molecule has 18 heavy (non-hydrogen) atoms. The molecule has 0 aromatic heterocycles. The summed E-state index contributed by atoms with van der Waals surface area (Å²) >= 11 is 5.79. The van der Waals surface area contributed by atoms with Gasteiger partial charge in [-0.1, -0.05) is 17.7 Å². The number of amides is 1. The second-order valence-electron chi connectivity index (χ2n) is 3.61. The van der Waals surface area contributed by atoms with Gasteiger partial charge < -0.3 is 15.8 Å². The van der Waals surface area contributed by atoms with Crippen LogP contribution in [0.25, 0.3) is 0 Å². The number of hydrogen-bond donors (Lipinski definition) is 2.